The van der Waals surface area contributed by atoms with E-state index in [1.165, 1.54) is 0 Å². The van der Waals surface area contributed by atoms with Crippen molar-refractivity contribution in [3.8, 4) is 11.5 Å². The molecule has 0 atom stereocenters. The van der Waals surface area contributed by atoms with Gasteiger partial charge in [0.1, 0.15) is 18.1 Å². The molecule has 0 saturated carbocycles. The highest BCUT2D eigenvalue weighted by molar-refractivity contribution is 5.96. The molecular formula is C17H17NO3. The Labute approximate surface area is 123 Å². The number of para-hydroxylation sites is 2. The van der Waals surface area contributed by atoms with Gasteiger partial charge in [-0.25, -0.2) is 0 Å². The van der Waals surface area contributed by atoms with E-state index in [0.717, 1.165) is 17.0 Å². The van der Waals surface area contributed by atoms with Crippen LogP contribution in [0.15, 0.2) is 48.5 Å². The number of hydrogen-bond donors (Lipinski definition) is 0. The number of hydrogen-bond acceptors (Lipinski definition) is 3. The van der Waals surface area contributed by atoms with Crippen molar-refractivity contribution in [2.24, 2.45) is 0 Å². The molecule has 2 aromatic carbocycles. The highest BCUT2D eigenvalue weighted by Gasteiger charge is 2.23. The Morgan fingerprint density at radius 2 is 2.10 bits per heavy atom. The van der Waals surface area contributed by atoms with E-state index < -0.39 is 0 Å². The van der Waals surface area contributed by atoms with Crippen LogP contribution in [0.4, 0.5) is 5.69 Å². The van der Waals surface area contributed by atoms with E-state index in [0.29, 0.717) is 18.9 Å². The van der Waals surface area contributed by atoms with Crippen LogP contribution in [-0.2, 0) is 4.79 Å². The molecule has 0 radical (unpaired) electrons. The maximum Gasteiger partial charge on any atom is 0.265 e. The first-order chi connectivity index (χ1) is 10.2. The van der Waals surface area contributed by atoms with Crippen LogP contribution in [0.1, 0.15) is 5.56 Å². The molecule has 1 amide bonds. The van der Waals surface area contributed by atoms with Crippen molar-refractivity contribution >= 4 is 11.6 Å². The van der Waals surface area contributed by atoms with Gasteiger partial charge in [-0.15, -0.1) is 0 Å². The third-order valence-corrected chi connectivity index (χ3v) is 3.38. The molecule has 0 N–H and O–H groups in total. The zero-order chi connectivity index (χ0) is 14.7. The summed E-state index contributed by atoms with van der Waals surface area (Å²) in [4.78, 5) is 14.1. The van der Waals surface area contributed by atoms with E-state index in [-0.39, 0.29) is 12.5 Å². The Morgan fingerprint density at radius 3 is 2.95 bits per heavy atom. The van der Waals surface area contributed by atoms with Gasteiger partial charge in [-0.1, -0.05) is 24.3 Å². The van der Waals surface area contributed by atoms with E-state index in [1.54, 1.807) is 4.90 Å². The quantitative estimate of drug-likeness (QED) is 0.869. The van der Waals surface area contributed by atoms with Gasteiger partial charge in [-0.2, -0.15) is 0 Å². The number of rotatable bonds is 3. The van der Waals surface area contributed by atoms with Gasteiger partial charge >= 0.3 is 0 Å². The van der Waals surface area contributed by atoms with Crippen LogP contribution >= 0.6 is 0 Å². The molecule has 0 fully saturated rings. The van der Waals surface area contributed by atoms with Gasteiger partial charge in [-0.05, 0) is 36.8 Å². The molecule has 0 aromatic heterocycles. The van der Waals surface area contributed by atoms with Gasteiger partial charge in [0.15, 0.2) is 6.61 Å². The summed E-state index contributed by atoms with van der Waals surface area (Å²) in [5.74, 6) is 1.39. The number of nitrogens with zero attached hydrogens (tertiary/aromatic N) is 1. The van der Waals surface area contributed by atoms with E-state index in [1.807, 2.05) is 55.5 Å². The fourth-order valence-electron chi connectivity index (χ4n) is 2.36. The Hall–Kier alpha value is -2.49. The third-order valence-electron chi connectivity index (χ3n) is 3.38. The smallest absolute Gasteiger partial charge is 0.265 e. The Balaban J connectivity index is 1.69. The van der Waals surface area contributed by atoms with Crippen LogP contribution in [0.3, 0.4) is 0 Å². The second-order valence-corrected chi connectivity index (χ2v) is 4.97. The predicted molar refractivity (Wildman–Crippen MR) is 81.0 cm³/mol. The molecule has 1 aliphatic rings. The van der Waals surface area contributed by atoms with Crippen LogP contribution in [0.2, 0.25) is 0 Å². The normalized spacial score (nSPS) is 13.3. The summed E-state index contributed by atoms with van der Waals surface area (Å²) in [6, 6.07) is 15.2. The number of anilines is 1. The van der Waals surface area contributed by atoms with E-state index >= 15 is 0 Å². The van der Waals surface area contributed by atoms with Crippen LogP contribution < -0.4 is 14.4 Å². The lowest BCUT2D eigenvalue weighted by Crippen LogP contribution is -2.40. The number of amides is 1. The van der Waals surface area contributed by atoms with Crippen molar-refractivity contribution in [3.05, 3.63) is 54.1 Å². The molecule has 1 aliphatic heterocycles. The summed E-state index contributed by atoms with van der Waals surface area (Å²) in [5, 5.41) is 0. The number of carbonyl (C=O) groups excluding carboxylic acids is 1. The van der Waals surface area contributed by atoms with Crippen LogP contribution in [0.25, 0.3) is 0 Å². The minimum absolute atomic E-state index is 0.0256. The molecule has 2 aromatic rings. The lowest BCUT2D eigenvalue weighted by molar-refractivity contribution is -0.120. The van der Waals surface area contributed by atoms with E-state index in [2.05, 4.69) is 0 Å². The zero-order valence-electron chi connectivity index (χ0n) is 11.9. The van der Waals surface area contributed by atoms with Gasteiger partial charge in [0.05, 0.1) is 12.2 Å². The molecule has 1 heterocycles. The standard InChI is InChI=1S/C17H17NO3/c1-13-5-4-6-14(11-13)21-12-17(19)18-9-10-20-16-8-3-2-7-15(16)18/h2-8,11H,9-10,12H2,1H3. The molecule has 0 bridgehead atoms. The lowest BCUT2D eigenvalue weighted by atomic mass is 10.2. The van der Waals surface area contributed by atoms with Crippen LogP contribution in [0.5, 0.6) is 11.5 Å². The number of benzene rings is 2. The van der Waals surface area contributed by atoms with Gasteiger partial charge in [0.25, 0.3) is 5.91 Å². The topological polar surface area (TPSA) is 38.8 Å². The minimum atomic E-state index is -0.0627. The summed E-state index contributed by atoms with van der Waals surface area (Å²) in [5.41, 5.74) is 1.92. The molecule has 4 heteroatoms. The number of carbonyl (C=O) groups is 1. The van der Waals surface area contributed by atoms with Gasteiger partial charge < -0.3 is 14.4 Å². The first kappa shape index (κ1) is 13.5. The van der Waals surface area contributed by atoms with Gasteiger partial charge in [0.2, 0.25) is 0 Å². The molecule has 0 aliphatic carbocycles. The molecule has 0 unspecified atom stereocenters. The monoisotopic (exact) mass is 283 g/mol. The van der Waals surface area contributed by atoms with Crippen molar-refractivity contribution in [2.45, 2.75) is 6.92 Å². The predicted octanol–water partition coefficient (Wildman–Crippen LogP) is 2.80. The van der Waals surface area contributed by atoms with Crippen LogP contribution in [-0.4, -0.2) is 25.7 Å². The summed E-state index contributed by atoms with van der Waals surface area (Å²) in [6.45, 7) is 3.07. The Kier molecular flexibility index (Phi) is 3.77. The molecule has 4 nitrogen and oxygen atoms in total. The average molecular weight is 283 g/mol. The van der Waals surface area contributed by atoms with Crippen molar-refractivity contribution in [1.82, 2.24) is 0 Å². The lowest BCUT2D eigenvalue weighted by Gasteiger charge is -2.29. The fraction of sp³-hybridized carbons (Fsp3) is 0.235. The second-order valence-electron chi connectivity index (χ2n) is 4.97. The highest BCUT2D eigenvalue weighted by atomic mass is 16.5. The van der Waals surface area contributed by atoms with E-state index in [4.69, 9.17) is 9.47 Å². The Bertz CT molecular complexity index is 654. The highest BCUT2D eigenvalue weighted by Crippen LogP contribution is 2.30. The molecule has 21 heavy (non-hydrogen) atoms. The van der Waals surface area contributed by atoms with Crippen molar-refractivity contribution in [3.63, 3.8) is 0 Å². The summed E-state index contributed by atoms with van der Waals surface area (Å²) in [7, 11) is 0. The first-order valence-corrected chi connectivity index (χ1v) is 6.96. The molecule has 108 valence electrons. The number of ether oxygens (including phenoxy) is 2. The maximum atomic E-state index is 12.4. The van der Waals surface area contributed by atoms with Gasteiger partial charge in [-0.3, -0.25) is 4.79 Å². The maximum absolute atomic E-state index is 12.4. The number of fused-ring (bicyclic) bond motifs is 1. The SMILES string of the molecule is Cc1cccc(OCC(=O)N2CCOc3ccccc32)c1. The first-order valence-electron chi connectivity index (χ1n) is 6.96. The van der Waals surface area contributed by atoms with Crippen LogP contribution in [0, 0.1) is 6.92 Å². The minimum Gasteiger partial charge on any atom is -0.490 e. The molecule has 3 rings (SSSR count). The molecular weight excluding hydrogens is 266 g/mol. The summed E-state index contributed by atoms with van der Waals surface area (Å²) >= 11 is 0. The molecule has 0 spiro atoms. The third kappa shape index (κ3) is 2.99. The number of aryl methyl sites for hydroxylation is 1. The summed E-state index contributed by atoms with van der Waals surface area (Å²) in [6.07, 6.45) is 0. The molecule has 0 saturated heterocycles. The largest absolute Gasteiger partial charge is 0.490 e. The fourth-order valence-corrected chi connectivity index (χ4v) is 2.36. The van der Waals surface area contributed by atoms with Gasteiger partial charge in [0, 0.05) is 0 Å². The average Bonchev–Trinajstić information content (AvgIpc) is 2.52. The van der Waals surface area contributed by atoms with E-state index in [9.17, 15) is 4.79 Å². The van der Waals surface area contributed by atoms with Crippen molar-refractivity contribution < 1.29 is 14.3 Å². The van der Waals surface area contributed by atoms with Crippen molar-refractivity contribution in [1.29, 1.82) is 0 Å². The Morgan fingerprint density at radius 1 is 1.24 bits per heavy atom. The zero-order valence-corrected chi connectivity index (χ0v) is 11.9. The second kappa shape index (κ2) is 5.87. The summed E-state index contributed by atoms with van der Waals surface area (Å²) < 4.78 is 11.1. The van der Waals surface area contributed by atoms with Crippen molar-refractivity contribution in [2.75, 3.05) is 24.7 Å².